The molecule has 1 N–H and O–H groups in total. The van der Waals surface area contributed by atoms with E-state index in [1.165, 1.54) is 11.8 Å². The summed E-state index contributed by atoms with van der Waals surface area (Å²) in [6.07, 6.45) is 3.43. The van der Waals surface area contributed by atoms with Crippen LogP contribution in [0.5, 0.6) is 0 Å². The first-order valence-electron chi connectivity index (χ1n) is 5.95. The standard InChI is InChI=1S/C15H10N2O2S/c18-15(19)11-5-4-10-6-8-17-14(12(10)9-11)20-13-3-1-2-7-16-13/h1-9H,(H,18,19). The zero-order valence-electron chi connectivity index (χ0n) is 10.4. The number of carboxylic acids is 1. The molecule has 0 amide bonds. The largest absolute Gasteiger partial charge is 0.478 e. The maximum absolute atomic E-state index is 11.1. The lowest BCUT2D eigenvalue weighted by Gasteiger charge is -2.05. The van der Waals surface area contributed by atoms with E-state index < -0.39 is 5.97 Å². The Labute approximate surface area is 119 Å². The van der Waals surface area contributed by atoms with Crippen molar-refractivity contribution in [2.75, 3.05) is 0 Å². The number of aromatic carboxylic acids is 1. The van der Waals surface area contributed by atoms with Gasteiger partial charge in [0.2, 0.25) is 0 Å². The molecule has 0 saturated heterocycles. The number of carboxylic acid groups (broad SMARTS) is 1. The van der Waals surface area contributed by atoms with Gasteiger partial charge in [0.15, 0.2) is 0 Å². The molecule has 2 heterocycles. The smallest absolute Gasteiger partial charge is 0.335 e. The molecule has 98 valence electrons. The Balaban J connectivity index is 2.10. The fourth-order valence-corrected chi connectivity index (χ4v) is 2.72. The van der Waals surface area contributed by atoms with Crippen molar-refractivity contribution in [3.05, 3.63) is 60.4 Å². The topological polar surface area (TPSA) is 63.1 Å². The predicted molar refractivity (Wildman–Crippen MR) is 77.1 cm³/mol. The summed E-state index contributed by atoms with van der Waals surface area (Å²) in [5.74, 6) is -0.940. The maximum atomic E-state index is 11.1. The highest BCUT2D eigenvalue weighted by atomic mass is 32.2. The van der Waals surface area contributed by atoms with Gasteiger partial charge in [-0.2, -0.15) is 0 Å². The van der Waals surface area contributed by atoms with Gasteiger partial charge in [0, 0.05) is 17.8 Å². The Morgan fingerprint density at radius 2 is 1.95 bits per heavy atom. The van der Waals surface area contributed by atoms with E-state index in [0.717, 1.165) is 20.8 Å². The molecule has 0 aliphatic carbocycles. The summed E-state index contributed by atoms with van der Waals surface area (Å²) < 4.78 is 0. The number of hydrogen-bond donors (Lipinski definition) is 1. The molecule has 3 aromatic rings. The molecular formula is C15H10N2O2S. The zero-order chi connectivity index (χ0) is 13.9. The molecule has 1 aromatic carbocycles. The molecule has 0 fully saturated rings. The number of benzene rings is 1. The third-order valence-electron chi connectivity index (χ3n) is 2.82. The summed E-state index contributed by atoms with van der Waals surface area (Å²) in [6.45, 7) is 0. The highest BCUT2D eigenvalue weighted by Gasteiger charge is 2.09. The number of fused-ring (bicyclic) bond motifs is 1. The molecule has 0 saturated carbocycles. The molecule has 0 bridgehead atoms. The van der Waals surface area contributed by atoms with Gasteiger partial charge in [-0.15, -0.1) is 0 Å². The molecule has 0 spiro atoms. The minimum absolute atomic E-state index is 0.258. The Morgan fingerprint density at radius 1 is 1.05 bits per heavy atom. The van der Waals surface area contributed by atoms with Crippen molar-refractivity contribution in [3.8, 4) is 0 Å². The predicted octanol–water partition coefficient (Wildman–Crippen LogP) is 3.48. The van der Waals surface area contributed by atoms with E-state index in [1.807, 2.05) is 24.3 Å². The van der Waals surface area contributed by atoms with Crippen molar-refractivity contribution >= 4 is 28.5 Å². The van der Waals surface area contributed by atoms with Gasteiger partial charge in [-0.05, 0) is 47.5 Å². The van der Waals surface area contributed by atoms with Crippen molar-refractivity contribution in [2.45, 2.75) is 10.1 Å². The molecule has 0 aliphatic heterocycles. The van der Waals surface area contributed by atoms with Crippen LogP contribution in [-0.2, 0) is 0 Å². The van der Waals surface area contributed by atoms with Gasteiger partial charge in [0.25, 0.3) is 0 Å². The first-order chi connectivity index (χ1) is 9.74. The molecule has 20 heavy (non-hydrogen) atoms. The van der Waals surface area contributed by atoms with Crippen LogP contribution in [0.1, 0.15) is 10.4 Å². The first-order valence-corrected chi connectivity index (χ1v) is 6.76. The van der Waals surface area contributed by atoms with Gasteiger partial charge in [-0.3, -0.25) is 0 Å². The van der Waals surface area contributed by atoms with Gasteiger partial charge < -0.3 is 5.11 Å². The molecule has 0 radical (unpaired) electrons. The minimum Gasteiger partial charge on any atom is -0.478 e. The normalized spacial score (nSPS) is 10.6. The molecular weight excluding hydrogens is 272 g/mol. The van der Waals surface area contributed by atoms with Gasteiger partial charge in [0.05, 0.1) is 5.56 Å². The summed E-state index contributed by atoms with van der Waals surface area (Å²) in [7, 11) is 0. The van der Waals surface area contributed by atoms with Crippen molar-refractivity contribution in [1.29, 1.82) is 0 Å². The SMILES string of the molecule is O=C(O)c1ccc2ccnc(Sc3ccccn3)c2c1. The minimum atomic E-state index is -0.940. The third-order valence-corrected chi connectivity index (χ3v) is 3.78. The van der Waals surface area contributed by atoms with E-state index in [4.69, 9.17) is 5.11 Å². The van der Waals surface area contributed by atoms with E-state index in [1.54, 1.807) is 30.6 Å². The van der Waals surface area contributed by atoms with Gasteiger partial charge in [-0.1, -0.05) is 12.1 Å². The van der Waals surface area contributed by atoms with Crippen LogP contribution in [0, 0.1) is 0 Å². The van der Waals surface area contributed by atoms with Crippen molar-refractivity contribution in [1.82, 2.24) is 9.97 Å². The van der Waals surface area contributed by atoms with E-state index in [9.17, 15) is 4.79 Å². The lowest BCUT2D eigenvalue weighted by molar-refractivity contribution is 0.0697. The summed E-state index contributed by atoms with van der Waals surface area (Å²) in [5.41, 5.74) is 0.258. The maximum Gasteiger partial charge on any atom is 0.335 e. The molecule has 2 aromatic heterocycles. The number of aromatic nitrogens is 2. The van der Waals surface area contributed by atoms with Gasteiger partial charge >= 0.3 is 5.97 Å². The number of nitrogens with zero attached hydrogens (tertiary/aromatic N) is 2. The van der Waals surface area contributed by atoms with Crippen molar-refractivity contribution in [2.24, 2.45) is 0 Å². The van der Waals surface area contributed by atoms with E-state index in [-0.39, 0.29) is 5.56 Å². The molecule has 4 nitrogen and oxygen atoms in total. The number of carbonyl (C=O) groups is 1. The summed E-state index contributed by atoms with van der Waals surface area (Å²) in [4.78, 5) is 19.7. The van der Waals surface area contributed by atoms with Crippen LogP contribution in [-0.4, -0.2) is 21.0 Å². The lowest BCUT2D eigenvalue weighted by Crippen LogP contribution is -1.96. The van der Waals surface area contributed by atoms with Crippen LogP contribution < -0.4 is 0 Å². The fraction of sp³-hybridized carbons (Fsp3) is 0. The Kier molecular flexibility index (Phi) is 3.35. The Bertz CT molecular complexity index is 775. The van der Waals surface area contributed by atoms with Crippen LogP contribution in [0.3, 0.4) is 0 Å². The highest BCUT2D eigenvalue weighted by molar-refractivity contribution is 7.99. The summed E-state index contributed by atoms with van der Waals surface area (Å²) in [6, 6.07) is 12.6. The highest BCUT2D eigenvalue weighted by Crippen LogP contribution is 2.30. The third kappa shape index (κ3) is 2.48. The van der Waals surface area contributed by atoms with Crippen LogP contribution in [0.15, 0.2) is 64.9 Å². The molecule has 0 unspecified atom stereocenters. The zero-order valence-corrected chi connectivity index (χ0v) is 11.2. The van der Waals surface area contributed by atoms with E-state index >= 15 is 0 Å². The number of hydrogen-bond acceptors (Lipinski definition) is 4. The summed E-state index contributed by atoms with van der Waals surface area (Å²) in [5, 5.41) is 12.5. The fourth-order valence-electron chi connectivity index (χ4n) is 1.86. The van der Waals surface area contributed by atoms with E-state index in [2.05, 4.69) is 9.97 Å². The first kappa shape index (κ1) is 12.6. The summed E-state index contributed by atoms with van der Waals surface area (Å²) >= 11 is 1.42. The quantitative estimate of drug-likeness (QED) is 0.796. The van der Waals surface area contributed by atoms with Crippen LogP contribution >= 0.6 is 11.8 Å². The van der Waals surface area contributed by atoms with Gasteiger partial charge in [-0.25, -0.2) is 14.8 Å². The molecule has 3 rings (SSSR count). The lowest BCUT2D eigenvalue weighted by atomic mass is 10.1. The number of rotatable bonds is 3. The average Bonchev–Trinajstić information content (AvgIpc) is 2.48. The van der Waals surface area contributed by atoms with Crippen LogP contribution in [0.25, 0.3) is 10.8 Å². The van der Waals surface area contributed by atoms with Crippen LogP contribution in [0.4, 0.5) is 0 Å². The van der Waals surface area contributed by atoms with Gasteiger partial charge in [0.1, 0.15) is 10.1 Å². The van der Waals surface area contributed by atoms with E-state index in [0.29, 0.717) is 0 Å². The van der Waals surface area contributed by atoms with Crippen LogP contribution in [0.2, 0.25) is 0 Å². The molecule has 5 heteroatoms. The second-order valence-electron chi connectivity index (χ2n) is 4.13. The second-order valence-corrected chi connectivity index (χ2v) is 5.14. The van der Waals surface area contributed by atoms with Crippen molar-refractivity contribution in [3.63, 3.8) is 0 Å². The number of pyridine rings is 2. The Morgan fingerprint density at radius 3 is 2.70 bits per heavy atom. The molecule has 0 aliphatic rings. The second kappa shape index (κ2) is 5.30. The molecule has 0 atom stereocenters. The average molecular weight is 282 g/mol. The monoisotopic (exact) mass is 282 g/mol. The van der Waals surface area contributed by atoms with Crippen molar-refractivity contribution < 1.29 is 9.90 Å². The Hall–Kier alpha value is -2.40.